The van der Waals surface area contributed by atoms with Crippen LogP contribution < -0.4 is 5.32 Å². The van der Waals surface area contributed by atoms with E-state index in [1.54, 1.807) is 0 Å². The Hall–Kier alpha value is -1.36. The third kappa shape index (κ3) is 2.90. The first-order valence-corrected chi connectivity index (χ1v) is 6.77. The molecule has 0 radical (unpaired) electrons. The Kier molecular flexibility index (Phi) is 4.36. The van der Waals surface area contributed by atoms with Crippen molar-refractivity contribution in [1.82, 2.24) is 20.0 Å². The van der Waals surface area contributed by atoms with Gasteiger partial charge in [-0.2, -0.15) is 5.10 Å². The Morgan fingerprint density at radius 3 is 2.89 bits per heavy atom. The molecule has 1 amide bonds. The molecule has 1 saturated heterocycles. The highest BCUT2D eigenvalue weighted by Crippen LogP contribution is 2.15. The van der Waals surface area contributed by atoms with Gasteiger partial charge in [0.05, 0.1) is 24.8 Å². The first-order valence-electron chi connectivity index (χ1n) is 6.77. The normalized spacial score (nSPS) is 16.6. The quantitative estimate of drug-likeness (QED) is 0.853. The minimum Gasteiger partial charge on any atom is -0.334 e. The molecule has 0 spiro atoms. The van der Waals surface area contributed by atoms with Crippen LogP contribution in [0.4, 0.5) is 0 Å². The van der Waals surface area contributed by atoms with Crippen LogP contribution in [0, 0.1) is 0 Å². The molecule has 2 rings (SSSR count). The van der Waals surface area contributed by atoms with Gasteiger partial charge >= 0.3 is 0 Å². The van der Waals surface area contributed by atoms with E-state index in [1.165, 1.54) is 0 Å². The first kappa shape index (κ1) is 13.1. The third-order valence-corrected chi connectivity index (χ3v) is 3.52. The number of rotatable bonds is 5. The van der Waals surface area contributed by atoms with Crippen molar-refractivity contribution in [2.75, 3.05) is 19.6 Å². The zero-order valence-corrected chi connectivity index (χ0v) is 11.2. The largest absolute Gasteiger partial charge is 0.334 e. The molecule has 1 aromatic heterocycles. The molecule has 0 aromatic carbocycles. The topological polar surface area (TPSA) is 50.2 Å². The third-order valence-electron chi connectivity index (χ3n) is 3.52. The molecule has 1 aromatic rings. The lowest BCUT2D eigenvalue weighted by Gasteiger charge is -2.26. The highest BCUT2D eigenvalue weighted by Gasteiger charge is 2.18. The highest BCUT2D eigenvalue weighted by molar-refractivity contribution is 5.78. The lowest BCUT2D eigenvalue weighted by Crippen LogP contribution is -2.47. The molecule has 18 heavy (non-hydrogen) atoms. The zero-order chi connectivity index (χ0) is 13.0. The molecular formula is C13H22N4O. The van der Waals surface area contributed by atoms with Crippen molar-refractivity contribution in [3.63, 3.8) is 0 Å². The molecule has 1 aliphatic heterocycles. The van der Waals surface area contributed by atoms with Crippen LogP contribution in [0.15, 0.2) is 12.3 Å². The van der Waals surface area contributed by atoms with Gasteiger partial charge in [-0.1, -0.05) is 13.8 Å². The van der Waals surface area contributed by atoms with Gasteiger partial charge in [0.15, 0.2) is 0 Å². The molecule has 2 heterocycles. The van der Waals surface area contributed by atoms with Crippen molar-refractivity contribution in [2.24, 2.45) is 0 Å². The molecular weight excluding hydrogens is 228 g/mol. The first-order chi connectivity index (χ1) is 8.74. The number of amides is 1. The minimum atomic E-state index is 0.165. The molecule has 0 bridgehead atoms. The molecule has 1 fully saturated rings. The fourth-order valence-corrected chi connectivity index (χ4v) is 2.34. The van der Waals surface area contributed by atoms with E-state index in [0.717, 1.165) is 31.6 Å². The average Bonchev–Trinajstić information content (AvgIpc) is 2.82. The van der Waals surface area contributed by atoms with Crippen LogP contribution in [0.5, 0.6) is 0 Å². The maximum absolute atomic E-state index is 11.7. The van der Waals surface area contributed by atoms with Crippen molar-refractivity contribution in [3.05, 3.63) is 18.0 Å². The fourth-order valence-electron chi connectivity index (χ4n) is 2.34. The Bertz CT molecular complexity index is 397. The predicted octanol–water partition coefficient (Wildman–Crippen LogP) is 1.18. The molecule has 1 N–H and O–H groups in total. The molecule has 1 aliphatic rings. The van der Waals surface area contributed by atoms with Crippen molar-refractivity contribution in [2.45, 2.75) is 39.3 Å². The van der Waals surface area contributed by atoms with Gasteiger partial charge in [0.25, 0.3) is 0 Å². The molecule has 0 unspecified atom stereocenters. The lowest BCUT2D eigenvalue weighted by atomic mass is 10.2. The van der Waals surface area contributed by atoms with Crippen LogP contribution in [-0.4, -0.2) is 40.2 Å². The van der Waals surface area contributed by atoms with Crippen LogP contribution in [-0.2, 0) is 11.3 Å². The summed E-state index contributed by atoms with van der Waals surface area (Å²) in [6.07, 6.45) is 4.20. The van der Waals surface area contributed by atoms with E-state index >= 15 is 0 Å². The van der Waals surface area contributed by atoms with E-state index < -0.39 is 0 Å². The second-order valence-electron chi connectivity index (χ2n) is 4.75. The summed E-state index contributed by atoms with van der Waals surface area (Å²) in [4.78, 5) is 13.6. The molecule has 0 saturated carbocycles. The fraction of sp³-hybridized carbons (Fsp3) is 0.692. The molecule has 100 valence electrons. The van der Waals surface area contributed by atoms with Gasteiger partial charge in [0.1, 0.15) is 0 Å². The summed E-state index contributed by atoms with van der Waals surface area (Å²) in [6, 6.07) is 2.49. The number of nitrogens with one attached hydrogen (secondary N) is 1. The summed E-state index contributed by atoms with van der Waals surface area (Å²) in [5.41, 5.74) is 0.983. The number of carbonyl (C=O) groups excluding carboxylic acids is 1. The molecule has 5 nitrogen and oxygen atoms in total. The summed E-state index contributed by atoms with van der Waals surface area (Å²) < 4.78 is 2.03. The SMILES string of the molecule is CCC(CC)n1ccc(CN2CCNCC2=O)n1. The average molecular weight is 250 g/mol. The van der Waals surface area contributed by atoms with Crippen LogP contribution in [0.3, 0.4) is 0 Å². The van der Waals surface area contributed by atoms with Crippen molar-refractivity contribution in [3.8, 4) is 0 Å². The number of carbonyl (C=O) groups is 1. The summed E-state index contributed by atoms with van der Waals surface area (Å²) in [6.45, 7) is 7.08. The van der Waals surface area contributed by atoms with E-state index in [0.29, 0.717) is 19.1 Å². The van der Waals surface area contributed by atoms with Gasteiger partial charge in [-0.3, -0.25) is 9.48 Å². The Labute approximate surface area is 108 Å². The van der Waals surface area contributed by atoms with Crippen LogP contribution in [0.25, 0.3) is 0 Å². The summed E-state index contributed by atoms with van der Waals surface area (Å²) in [7, 11) is 0. The predicted molar refractivity (Wildman–Crippen MR) is 70.1 cm³/mol. The van der Waals surface area contributed by atoms with Gasteiger partial charge in [0.2, 0.25) is 5.91 Å². The maximum atomic E-state index is 11.7. The smallest absolute Gasteiger partial charge is 0.236 e. The summed E-state index contributed by atoms with van der Waals surface area (Å²) >= 11 is 0. The second kappa shape index (κ2) is 6.00. The molecule has 5 heteroatoms. The van der Waals surface area contributed by atoms with Gasteiger partial charge < -0.3 is 10.2 Å². The van der Waals surface area contributed by atoms with Crippen molar-refractivity contribution < 1.29 is 4.79 Å². The van der Waals surface area contributed by atoms with E-state index in [1.807, 2.05) is 21.8 Å². The van der Waals surface area contributed by atoms with E-state index in [4.69, 9.17) is 0 Å². The zero-order valence-electron chi connectivity index (χ0n) is 11.2. The van der Waals surface area contributed by atoms with Gasteiger partial charge in [-0.25, -0.2) is 0 Å². The lowest BCUT2D eigenvalue weighted by molar-refractivity contribution is -0.132. The number of hydrogen-bond donors (Lipinski definition) is 1. The molecule has 0 aliphatic carbocycles. The Morgan fingerprint density at radius 1 is 1.44 bits per heavy atom. The minimum absolute atomic E-state index is 0.165. The van der Waals surface area contributed by atoms with Crippen LogP contribution in [0.2, 0.25) is 0 Å². The number of hydrogen-bond acceptors (Lipinski definition) is 3. The van der Waals surface area contributed by atoms with Crippen molar-refractivity contribution >= 4 is 5.91 Å². The second-order valence-corrected chi connectivity index (χ2v) is 4.75. The number of aromatic nitrogens is 2. The standard InChI is InChI=1S/C13H22N4O/c1-3-12(4-2)17-7-5-11(15-17)10-16-8-6-14-9-13(16)18/h5,7,12,14H,3-4,6,8-10H2,1-2H3. The number of nitrogens with zero attached hydrogens (tertiary/aromatic N) is 3. The molecule has 0 atom stereocenters. The van der Waals surface area contributed by atoms with Gasteiger partial charge in [0, 0.05) is 19.3 Å². The van der Waals surface area contributed by atoms with Gasteiger partial charge in [-0.15, -0.1) is 0 Å². The Morgan fingerprint density at radius 2 is 2.22 bits per heavy atom. The maximum Gasteiger partial charge on any atom is 0.236 e. The van der Waals surface area contributed by atoms with Gasteiger partial charge in [-0.05, 0) is 18.9 Å². The van der Waals surface area contributed by atoms with E-state index in [2.05, 4.69) is 24.3 Å². The van der Waals surface area contributed by atoms with E-state index in [9.17, 15) is 4.79 Å². The monoisotopic (exact) mass is 250 g/mol. The Balaban J connectivity index is 1.99. The highest BCUT2D eigenvalue weighted by atomic mass is 16.2. The van der Waals surface area contributed by atoms with Crippen LogP contribution in [0.1, 0.15) is 38.4 Å². The van der Waals surface area contributed by atoms with Crippen LogP contribution >= 0.6 is 0 Å². The van der Waals surface area contributed by atoms with E-state index in [-0.39, 0.29) is 5.91 Å². The van der Waals surface area contributed by atoms with Crippen molar-refractivity contribution in [1.29, 1.82) is 0 Å². The summed E-state index contributed by atoms with van der Waals surface area (Å²) in [5, 5.41) is 7.66. The number of piperazine rings is 1. The summed E-state index contributed by atoms with van der Waals surface area (Å²) in [5.74, 6) is 0.165.